The van der Waals surface area contributed by atoms with Crippen molar-refractivity contribution in [3.05, 3.63) is 29.3 Å². The van der Waals surface area contributed by atoms with Crippen LogP contribution in [0.2, 0.25) is 0 Å². The van der Waals surface area contributed by atoms with Crippen LogP contribution in [0.5, 0.6) is 0 Å². The molecular weight excluding hydrogens is 302 g/mol. The fourth-order valence-electron chi connectivity index (χ4n) is 1.58. The molecule has 0 aliphatic heterocycles. The van der Waals surface area contributed by atoms with E-state index in [2.05, 4.69) is 10.6 Å². The minimum absolute atomic E-state index is 0.129. The van der Waals surface area contributed by atoms with E-state index >= 15 is 0 Å². The Morgan fingerprint density at radius 3 is 2.52 bits per heavy atom. The third-order valence-corrected chi connectivity index (χ3v) is 3.32. The summed E-state index contributed by atoms with van der Waals surface area (Å²) in [7, 11) is 0. The van der Waals surface area contributed by atoms with Crippen molar-refractivity contribution in [3.63, 3.8) is 0 Å². The summed E-state index contributed by atoms with van der Waals surface area (Å²) in [5, 5.41) is 13.7. The number of carboxylic acids is 1. The fourth-order valence-corrected chi connectivity index (χ4v) is 2.17. The zero-order valence-electron chi connectivity index (χ0n) is 11.6. The number of anilines is 1. The predicted octanol–water partition coefficient (Wildman–Crippen LogP) is 2.93. The summed E-state index contributed by atoms with van der Waals surface area (Å²) in [5.74, 6) is -3.12. The summed E-state index contributed by atoms with van der Waals surface area (Å²) < 4.78 is 26.2. The highest BCUT2D eigenvalue weighted by Crippen LogP contribution is 2.20. The van der Waals surface area contributed by atoms with E-state index in [9.17, 15) is 18.4 Å². The molecular formula is C13H16F2N2O3S. The first kappa shape index (κ1) is 17.2. The Balaban J connectivity index is 2.80. The van der Waals surface area contributed by atoms with Crippen LogP contribution in [0.25, 0.3) is 0 Å². The maximum absolute atomic E-state index is 13.2. The van der Waals surface area contributed by atoms with Gasteiger partial charge in [-0.1, -0.05) is 0 Å². The molecule has 8 heteroatoms. The first-order chi connectivity index (χ1) is 9.85. The van der Waals surface area contributed by atoms with Gasteiger partial charge in [0.15, 0.2) is 11.6 Å². The number of urea groups is 1. The number of halogens is 2. The van der Waals surface area contributed by atoms with E-state index in [0.717, 1.165) is 12.2 Å². The predicted molar refractivity (Wildman–Crippen MR) is 77.9 cm³/mol. The molecule has 1 atom stereocenters. The van der Waals surface area contributed by atoms with Crippen LogP contribution in [-0.2, 0) is 0 Å². The quantitative estimate of drug-likeness (QED) is 0.753. The molecule has 2 amide bonds. The van der Waals surface area contributed by atoms with Gasteiger partial charge in [-0.3, -0.25) is 0 Å². The zero-order chi connectivity index (χ0) is 16.0. The molecule has 0 saturated carbocycles. The third-order valence-electron chi connectivity index (χ3n) is 2.67. The smallest absolute Gasteiger partial charge is 0.337 e. The minimum atomic E-state index is -1.46. The lowest BCUT2D eigenvalue weighted by Gasteiger charge is -2.15. The molecule has 0 heterocycles. The van der Waals surface area contributed by atoms with Crippen molar-refractivity contribution in [2.45, 2.75) is 19.4 Å². The number of carboxylic acid groups (broad SMARTS) is 1. The second-order valence-electron chi connectivity index (χ2n) is 4.40. The van der Waals surface area contributed by atoms with Crippen molar-refractivity contribution in [2.75, 3.05) is 17.3 Å². The lowest BCUT2D eigenvalue weighted by molar-refractivity contribution is 0.0697. The van der Waals surface area contributed by atoms with Crippen LogP contribution < -0.4 is 10.6 Å². The standard InChI is InChI=1S/C13H16F2N2O3S/c1-7(3-4-21-2)16-13(20)17-11-6-10(15)9(14)5-8(11)12(18)19/h5-7H,3-4H2,1-2H3,(H,18,19)(H2,16,17,20). The Labute approximate surface area is 125 Å². The Kier molecular flexibility index (Phi) is 6.41. The molecule has 0 spiro atoms. The van der Waals surface area contributed by atoms with Gasteiger partial charge in [0.2, 0.25) is 0 Å². The molecule has 0 saturated heterocycles. The van der Waals surface area contributed by atoms with Gasteiger partial charge in [-0.15, -0.1) is 0 Å². The molecule has 21 heavy (non-hydrogen) atoms. The van der Waals surface area contributed by atoms with Gasteiger partial charge in [0.25, 0.3) is 0 Å². The largest absolute Gasteiger partial charge is 0.478 e. The van der Waals surface area contributed by atoms with Crippen LogP contribution in [0.15, 0.2) is 12.1 Å². The van der Waals surface area contributed by atoms with Crippen molar-refractivity contribution in [3.8, 4) is 0 Å². The molecule has 0 aliphatic rings. The molecule has 116 valence electrons. The van der Waals surface area contributed by atoms with Crippen molar-refractivity contribution in [1.29, 1.82) is 0 Å². The van der Waals surface area contributed by atoms with Gasteiger partial charge < -0.3 is 15.7 Å². The lowest BCUT2D eigenvalue weighted by Crippen LogP contribution is -2.36. The first-order valence-electron chi connectivity index (χ1n) is 6.14. The number of carbonyl (C=O) groups is 2. The lowest BCUT2D eigenvalue weighted by atomic mass is 10.1. The Bertz CT molecular complexity index is 540. The molecule has 1 rings (SSSR count). The highest BCUT2D eigenvalue weighted by atomic mass is 32.2. The van der Waals surface area contributed by atoms with E-state index in [1.165, 1.54) is 0 Å². The zero-order valence-corrected chi connectivity index (χ0v) is 12.4. The molecule has 1 aromatic rings. The number of hydrogen-bond acceptors (Lipinski definition) is 3. The van der Waals surface area contributed by atoms with E-state index in [0.29, 0.717) is 12.1 Å². The average Bonchev–Trinajstić information content (AvgIpc) is 2.39. The maximum Gasteiger partial charge on any atom is 0.337 e. The minimum Gasteiger partial charge on any atom is -0.478 e. The highest BCUT2D eigenvalue weighted by Gasteiger charge is 2.17. The number of thioether (sulfide) groups is 1. The van der Waals surface area contributed by atoms with E-state index in [4.69, 9.17) is 5.11 Å². The molecule has 1 aromatic carbocycles. The topological polar surface area (TPSA) is 78.4 Å². The average molecular weight is 318 g/mol. The van der Waals surface area contributed by atoms with Crippen molar-refractivity contribution in [2.24, 2.45) is 0 Å². The molecule has 0 aliphatic carbocycles. The van der Waals surface area contributed by atoms with Crippen LogP contribution in [0.3, 0.4) is 0 Å². The van der Waals surface area contributed by atoms with E-state index in [1.807, 2.05) is 6.26 Å². The van der Waals surface area contributed by atoms with Gasteiger partial charge in [-0.05, 0) is 31.4 Å². The second kappa shape index (κ2) is 7.82. The molecule has 0 radical (unpaired) electrons. The van der Waals surface area contributed by atoms with E-state index < -0.39 is 29.2 Å². The van der Waals surface area contributed by atoms with Crippen molar-refractivity contribution < 1.29 is 23.5 Å². The van der Waals surface area contributed by atoms with Crippen LogP contribution in [0.4, 0.5) is 19.3 Å². The van der Waals surface area contributed by atoms with Crippen LogP contribution >= 0.6 is 11.8 Å². The van der Waals surface area contributed by atoms with Gasteiger partial charge >= 0.3 is 12.0 Å². The van der Waals surface area contributed by atoms with E-state index in [-0.39, 0.29) is 11.7 Å². The normalized spacial score (nSPS) is 11.8. The molecule has 0 bridgehead atoms. The number of aromatic carboxylic acids is 1. The molecule has 5 nitrogen and oxygen atoms in total. The number of hydrogen-bond donors (Lipinski definition) is 3. The SMILES string of the molecule is CSCCC(C)NC(=O)Nc1cc(F)c(F)cc1C(=O)O. The highest BCUT2D eigenvalue weighted by molar-refractivity contribution is 7.98. The maximum atomic E-state index is 13.2. The Hall–Kier alpha value is -1.83. The summed E-state index contributed by atoms with van der Waals surface area (Å²) >= 11 is 1.63. The van der Waals surface area contributed by atoms with Gasteiger partial charge in [0.05, 0.1) is 11.3 Å². The molecule has 1 unspecified atom stereocenters. The summed E-state index contributed by atoms with van der Waals surface area (Å²) in [5.41, 5.74) is -0.809. The molecule has 0 aromatic heterocycles. The van der Waals surface area contributed by atoms with Crippen LogP contribution in [-0.4, -0.2) is 35.2 Å². The number of benzene rings is 1. The number of rotatable bonds is 6. The van der Waals surface area contributed by atoms with Gasteiger partial charge in [0, 0.05) is 12.1 Å². The van der Waals surface area contributed by atoms with Gasteiger partial charge in [-0.2, -0.15) is 11.8 Å². The Morgan fingerprint density at radius 2 is 1.95 bits per heavy atom. The fraction of sp³-hybridized carbons (Fsp3) is 0.385. The molecule has 0 fully saturated rings. The second-order valence-corrected chi connectivity index (χ2v) is 5.38. The van der Waals surface area contributed by atoms with Crippen LogP contribution in [0, 0.1) is 11.6 Å². The van der Waals surface area contributed by atoms with E-state index in [1.54, 1.807) is 18.7 Å². The summed E-state index contributed by atoms with van der Waals surface area (Å²) in [6.45, 7) is 1.79. The number of nitrogens with one attached hydrogen (secondary N) is 2. The number of carbonyl (C=O) groups excluding carboxylic acids is 1. The van der Waals surface area contributed by atoms with Gasteiger partial charge in [0.1, 0.15) is 0 Å². The summed E-state index contributed by atoms with van der Waals surface area (Å²) in [6, 6.07) is 0.378. The monoisotopic (exact) mass is 318 g/mol. The molecule has 3 N–H and O–H groups in total. The first-order valence-corrected chi connectivity index (χ1v) is 7.53. The number of amides is 2. The van der Waals surface area contributed by atoms with Gasteiger partial charge in [-0.25, -0.2) is 18.4 Å². The van der Waals surface area contributed by atoms with Crippen molar-refractivity contribution in [1.82, 2.24) is 5.32 Å². The Morgan fingerprint density at radius 1 is 1.33 bits per heavy atom. The summed E-state index contributed by atoms with van der Waals surface area (Å²) in [6.07, 6.45) is 2.67. The van der Waals surface area contributed by atoms with Crippen LogP contribution in [0.1, 0.15) is 23.7 Å². The summed E-state index contributed by atoms with van der Waals surface area (Å²) in [4.78, 5) is 22.7. The van der Waals surface area contributed by atoms with Crippen molar-refractivity contribution >= 4 is 29.4 Å². The third kappa shape index (κ3) is 5.22.